The van der Waals surface area contributed by atoms with Crippen molar-refractivity contribution in [3.05, 3.63) is 0 Å². The average molecular weight is 475 g/mol. The summed E-state index contributed by atoms with van der Waals surface area (Å²) in [6, 6.07) is 0. The molecule has 0 aliphatic heterocycles. The molecule has 0 atom stereocenters. The van der Waals surface area contributed by atoms with Crippen LogP contribution >= 0.6 is 0 Å². The minimum Gasteiger partial charge on any atom is -0.465 e. The van der Waals surface area contributed by atoms with Gasteiger partial charge in [-0.15, -0.1) is 0 Å². The summed E-state index contributed by atoms with van der Waals surface area (Å²) in [5, 5.41) is 0. The zero-order valence-corrected chi connectivity index (χ0v) is 20.7. The second-order valence-corrected chi connectivity index (χ2v) is 8.00. The largest absolute Gasteiger partial charge is 0.465 e. The fraction of sp³-hybridized carbons (Fsp3) is 0.833. The van der Waals surface area contributed by atoms with E-state index in [2.05, 4.69) is 0 Å². The van der Waals surface area contributed by atoms with Crippen molar-refractivity contribution < 1.29 is 42.9 Å². The van der Waals surface area contributed by atoms with Crippen molar-refractivity contribution in [1.82, 2.24) is 0 Å². The van der Waals surface area contributed by atoms with E-state index in [9.17, 15) is 19.2 Å². The van der Waals surface area contributed by atoms with Gasteiger partial charge < -0.3 is 23.7 Å². The Morgan fingerprint density at radius 3 is 0.909 bits per heavy atom. The second-order valence-electron chi connectivity index (χ2n) is 8.00. The van der Waals surface area contributed by atoms with Crippen LogP contribution in [-0.4, -0.2) is 63.5 Å². The van der Waals surface area contributed by atoms with Crippen LogP contribution in [0.15, 0.2) is 0 Å². The lowest BCUT2D eigenvalue weighted by Crippen LogP contribution is -2.29. The first-order chi connectivity index (χ1) is 15.9. The smallest absolute Gasteiger partial charge is 0.305 e. The van der Waals surface area contributed by atoms with Crippen molar-refractivity contribution in [2.24, 2.45) is 11.8 Å². The molecule has 33 heavy (non-hydrogen) atoms. The van der Waals surface area contributed by atoms with Crippen molar-refractivity contribution in [2.45, 2.75) is 79.1 Å². The summed E-state index contributed by atoms with van der Waals surface area (Å²) in [5.41, 5.74) is 0. The molecule has 0 spiro atoms. The van der Waals surface area contributed by atoms with Gasteiger partial charge in [-0.2, -0.15) is 0 Å². The number of hydrogen-bond acceptors (Lipinski definition) is 9. The minimum absolute atomic E-state index is 0.0693. The van der Waals surface area contributed by atoms with Crippen molar-refractivity contribution in [2.75, 3.05) is 39.6 Å². The quantitative estimate of drug-likeness (QED) is 0.193. The van der Waals surface area contributed by atoms with E-state index >= 15 is 0 Å². The third-order valence-electron chi connectivity index (χ3n) is 4.44. The van der Waals surface area contributed by atoms with Crippen molar-refractivity contribution in [3.63, 3.8) is 0 Å². The van der Waals surface area contributed by atoms with Crippen molar-refractivity contribution in [1.29, 1.82) is 0 Å². The topological polar surface area (TPSA) is 114 Å². The number of carbonyl (C=O) groups excluding carboxylic acids is 4. The highest BCUT2D eigenvalue weighted by molar-refractivity contribution is 5.70. The Morgan fingerprint density at radius 2 is 0.697 bits per heavy atom. The summed E-state index contributed by atoms with van der Waals surface area (Å²) in [5.74, 6) is -1.93. The zero-order chi connectivity index (χ0) is 24.9. The van der Waals surface area contributed by atoms with Gasteiger partial charge in [-0.25, -0.2) is 0 Å². The molecular weight excluding hydrogens is 432 g/mol. The number of rotatable bonds is 20. The summed E-state index contributed by atoms with van der Waals surface area (Å²) in [6.07, 6.45) is 3.99. The molecule has 0 saturated carbocycles. The van der Waals surface area contributed by atoms with Gasteiger partial charge in [0.25, 0.3) is 0 Å². The molecule has 0 rings (SSSR count). The normalized spacial score (nSPS) is 10.8. The first kappa shape index (κ1) is 30.8. The van der Waals surface area contributed by atoms with Crippen LogP contribution in [0.25, 0.3) is 0 Å². The van der Waals surface area contributed by atoms with Crippen LogP contribution in [0.3, 0.4) is 0 Å². The Balaban J connectivity index is 4.77. The predicted molar refractivity (Wildman–Crippen MR) is 121 cm³/mol. The third-order valence-corrected chi connectivity index (χ3v) is 4.44. The van der Waals surface area contributed by atoms with E-state index in [1.807, 2.05) is 27.7 Å². The van der Waals surface area contributed by atoms with Gasteiger partial charge >= 0.3 is 23.9 Å². The standard InChI is InChI=1S/C24H42O9/c1-5-9-21(25)30-15-19(16-31-22(26)10-6-2)13-29-14-20(17-32-23(27)11-7-3)18-33-24(28)12-8-4/h19-20H,5-18H2,1-4H3. The van der Waals surface area contributed by atoms with E-state index in [1.165, 1.54) is 0 Å². The summed E-state index contributed by atoms with van der Waals surface area (Å²) < 4.78 is 26.8. The fourth-order valence-corrected chi connectivity index (χ4v) is 2.64. The number of ether oxygens (including phenoxy) is 5. The summed E-state index contributed by atoms with van der Waals surface area (Å²) in [4.78, 5) is 46.8. The second kappa shape index (κ2) is 20.4. The Bertz CT molecular complexity index is 470. The van der Waals surface area contributed by atoms with Gasteiger partial charge in [0.1, 0.15) is 0 Å². The molecule has 0 aliphatic carbocycles. The highest BCUT2D eigenvalue weighted by atomic mass is 16.6. The molecule has 0 saturated heterocycles. The molecule has 0 amide bonds. The average Bonchev–Trinajstić information content (AvgIpc) is 2.77. The Morgan fingerprint density at radius 1 is 0.455 bits per heavy atom. The molecule has 0 unspecified atom stereocenters. The maximum atomic E-state index is 11.7. The third kappa shape index (κ3) is 18.0. The lowest BCUT2D eigenvalue weighted by Gasteiger charge is -2.21. The lowest BCUT2D eigenvalue weighted by molar-refractivity contribution is -0.150. The van der Waals surface area contributed by atoms with Gasteiger partial charge in [-0.1, -0.05) is 27.7 Å². The SMILES string of the molecule is CCCC(=O)OCC(COCC(COC(=O)CCC)COC(=O)CCC)COC(=O)CCC. The van der Waals surface area contributed by atoms with E-state index in [1.54, 1.807) is 0 Å². The molecule has 0 N–H and O–H groups in total. The van der Waals surface area contributed by atoms with Crippen LogP contribution in [-0.2, 0) is 42.9 Å². The molecular formula is C24H42O9. The molecule has 9 heteroatoms. The maximum Gasteiger partial charge on any atom is 0.305 e. The van der Waals surface area contributed by atoms with E-state index < -0.39 is 0 Å². The summed E-state index contributed by atoms with van der Waals surface area (Å²) >= 11 is 0. The maximum absolute atomic E-state index is 11.7. The number of esters is 4. The minimum atomic E-state index is -0.336. The first-order valence-corrected chi connectivity index (χ1v) is 12.1. The molecule has 0 aromatic carbocycles. The van der Waals surface area contributed by atoms with E-state index in [0.717, 1.165) is 0 Å². The fourth-order valence-electron chi connectivity index (χ4n) is 2.64. The van der Waals surface area contributed by atoms with Gasteiger partial charge in [0.15, 0.2) is 0 Å². The van der Waals surface area contributed by atoms with Gasteiger partial charge in [-0.3, -0.25) is 19.2 Å². The molecule has 192 valence electrons. The van der Waals surface area contributed by atoms with Gasteiger partial charge in [0.05, 0.1) is 51.5 Å². The predicted octanol–water partition coefficient (Wildman–Crippen LogP) is 3.61. The molecule has 0 aromatic rings. The van der Waals surface area contributed by atoms with Crippen LogP contribution in [0.2, 0.25) is 0 Å². The monoisotopic (exact) mass is 474 g/mol. The molecule has 0 fully saturated rings. The van der Waals surface area contributed by atoms with Crippen LogP contribution in [0, 0.1) is 11.8 Å². The van der Waals surface area contributed by atoms with Crippen LogP contribution in [0.4, 0.5) is 0 Å². The van der Waals surface area contributed by atoms with E-state index in [4.69, 9.17) is 23.7 Å². The van der Waals surface area contributed by atoms with Gasteiger partial charge in [0, 0.05) is 25.7 Å². The van der Waals surface area contributed by atoms with Gasteiger partial charge in [0.2, 0.25) is 0 Å². The molecule has 0 aromatic heterocycles. The lowest BCUT2D eigenvalue weighted by atomic mass is 10.1. The zero-order valence-electron chi connectivity index (χ0n) is 20.7. The van der Waals surface area contributed by atoms with E-state index in [0.29, 0.717) is 51.4 Å². The van der Waals surface area contributed by atoms with Crippen LogP contribution in [0.1, 0.15) is 79.1 Å². The molecule has 9 nitrogen and oxygen atoms in total. The Labute approximate surface area is 197 Å². The molecule has 0 radical (unpaired) electrons. The molecule has 0 heterocycles. The van der Waals surface area contributed by atoms with E-state index in [-0.39, 0.29) is 75.4 Å². The highest BCUT2D eigenvalue weighted by Gasteiger charge is 2.19. The first-order valence-electron chi connectivity index (χ1n) is 12.1. The highest BCUT2D eigenvalue weighted by Crippen LogP contribution is 2.08. The molecule has 0 bridgehead atoms. The Kier molecular flexibility index (Phi) is 19.1. The van der Waals surface area contributed by atoms with Crippen molar-refractivity contribution in [3.8, 4) is 0 Å². The Hall–Kier alpha value is -2.16. The summed E-state index contributed by atoms with van der Waals surface area (Å²) in [6.45, 7) is 8.15. The number of hydrogen-bond donors (Lipinski definition) is 0. The number of carbonyl (C=O) groups is 4. The summed E-state index contributed by atoms with van der Waals surface area (Å²) in [7, 11) is 0. The van der Waals surface area contributed by atoms with Gasteiger partial charge in [-0.05, 0) is 25.7 Å². The van der Waals surface area contributed by atoms with Crippen LogP contribution < -0.4 is 0 Å². The van der Waals surface area contributed by atoms with Crippen LogP contribution in [0.5, 0.6) is 0 Å². The van der Waals surface area contributed by atoms with Crippen molar-refractivity contribution >= 4 is 23.9 Å². The molecule has 0 aliphatic rings.